The average molecular weight is 441 g/mol. The maximum absolute atomic E-state index is 10.5. The molecule has 6 atom stereocenters. The summed E-state index contributed by atoms with van der Waals surface area (Å²) in [7, 11) is 0. The number of aliphatic hydroxyl groups excluding tert-OH is 2. The van der Waals surface area contributed by atoms with Gasteiger partial charge in [0.2, 0.25) is 0 Å². The Morgan fingerprint density at radius 2 is 1.94 bits per heavy atom. The van der Waals surface area contributed by atoms with Gasteiger partial charge in [-0.05, 0) is 79.8 Å². The Bertz CT molecular complexity index is 806. The third-order valence-corrected chi connectivity index (χ3v) is 8.97. The lowest BCUT2D eigenvalue weighted by molar-refractivity contribution is 0.0374. The number of hydrogen-bond donors (Lipinski definition) is 3. The summed E-state index contributed by atoms with van der Waals surface area (Å²) in [6.45, 7) is 12.9. The van der Waals surface area contributed by atoms with Crippen molar-refractivity contribution in [2.75, 3.05) is 0 Å². The van der Waals surface area contributed by atoms with Crippen molar-refractivity contribution in [2.24, 2.45) is 23.2 Å². The Hall–Kier alpha value is -1.34. The molecule has 0 amide bonds. The van der Waals surface area contributed by atoms with Crippen molar-refractivity contribution < 1.29 is 15.3 Å². The van der Waals surface area contributed by atoms with Gasteiger partial charge < -0.3 is 15.3 Å². The van der Waals surface area contributed by atoms with Gasteiger partial charge in [-0.15, -0.1) is 5.92 Å². The first-order chi connectivity index (χ1) is 15.1. The molecule has 0 saturated heterocycles. The number of hydrogen-bond acceptors (Lipinski definition) is 3. The summed E-state index contributed by atoms with van der Waals surface area (Å²) in [5, 5.41) is 30.7. The molecule has 3 aliphatic carbocycles. The normalized spacial score (nSPS) is 36.7. The molecule has 32 heavy (non-hydrogen) atoms. The van der Waals surface area contributed by atoms with Gasteiger partial charge in [-0.1, -0.05) is 57.9 Å². The zero-order chi connectivity index (χ0) is 23.5. The number of rotatable bonds is 5. The van der Waals surface area contributed by atoms with Crippen LogP contribution in [-0.4, -0.2) is 33.1 Å². The van der Waals surface area contributed by atoms with Crippen LogP contribution in [0.2, 0.25) is 0 Å². The SMILES string of the molecule is C=C1/C(=C\C=C2/CCC[C@]3(C)[C@@H]([C@H](C)C#CCC(O)(CC)CC)CC[C@@H]23)C[C@@H](O)C[C@@H]1O. The van der Waals surface area contributed by atoms with Crippen molar-refractivity contribution in [1.29, 1.82) is 0 Å². The first kappa shape index (κ1) is 25.3. The van der Waals surface area contributed by atoms with Crippen molar-refractivity contribution in [2.45, 2.75) is 110 Å². The molecule has 3 aliphatic rings. The molecule has 3 heteroatoms. The molecule has 3 rings (SSSR count). The maximum atomic E-state index is 10.5. The van der Waals surface area contributed by atoms with Crippen LogP contribution in [0.1, 0.15) is 91.9 Å². The van der Waals surface area contributed by atoms with Crippen LogP contribution in [0.15, 0.2) is 35.5 Å². The molecule has 0 heterocycles. The minimum Gasteiger partial charge on any atom is -0.393 e. The van der Waals surface area contributed by atoms with E-state index in [1.54, 1.807) is 0 Å². The molecule has 0 radical (unpaired) electrons. The predicted octanol–water partition coefficient (Wildman–Crippen LogP) is 5.71. The molecule has 0 aromatic carbocycles. The van der Waals surface area contributed by atoms with Crippen LogP contribution in [0.3, 0.4) is 0 Å². The minimum atomic E-state index is -0.645. The molecule has 0 aliphatic heterocycles. The Kier molecular flexibility index (Phi) is 8.13. The van der Waals surface area contributed by atoms with E-state index in [0.29, 0.717) is 37.0 Å². The van der Waals surface area contributed by atoms with Crippen LogP contribution < -0.4 is 0 Å². The average Bonchev–Trinajstić information content (AvgIpc) is 3.12. The van der Waals surface area contributed by atoms with Crippen molar-refractivity contribution in [1.82, 2.24) is 0 Å². The van der Waals surface area contributed by atoms with Crippen molar-refractivity contribution >= 4 is 0 Å². The molecule has 0 bridgehead atoms. The summed E-state index contributed by atoms with van der Waals surface area (Å²) >= 11 is 0. The lowest BCUT2D eigenvalue weighted by atomic mass is 9.61. The van der Waals surface area contributed by atoms with Crippen LogP contribution >= 0.6 is 0 Å². The van der Waals surface area contributed by atoms with Crippen molar-refractivity contribution in [3.63, 3.8) is 0 Å². The van der Waals surface area contributed by atoms with E-state index in [4.69, 9.17) is 0 Å². The summed E-state index contributed by atoms with van der Waals surface area (Å²) < 4.78 is 0. The maximum Gasteiger partial charge on any atom is 0.0811 e. The third kappa shape index (κ3) is 5.24. The van der Waals surface area contributed by atoms with Crippen LogP contribution in [-0.2, 0) is 0 Å². The van der Waals surface area contributed by atoms with Crippen LogP contribution in [0.5, 0.6) is 0 Å². The summed E-state index contributed by atoms with van der Waals surface area (Å²) in [6, 6.07) is 0. The summed E-state index contributed by atoms with van der Waals surface area (Å²) in [5.41, 5.74) is 2.89. The van der Waals surface area contributed by atoms with E-state index in [-0.39, 0.29) is 5.41 Å². The molecule has 0 aromatic rings. The van der Waals surface area contributed by atoms with Gasteiger partial charge in [0.25, 0.3) is 0 Å². The number of aliphatic hydroxyl groups is 3. The van der Waals surface area contributed by atoms with Gasteiger partial charge in [0, 0.05) is 18.8 Å². The van der Waals surface area contributed by atoms with Gasteiger partial charge in [-0.2, -0.15) is 0 Å². The summed E-state index contributed by atoms with van der Waals surface area (Å²) in [4.78, 5) is 0. The number of allylic oxidation sites excluding steroid dienone is 3. The summed E-state index contributed by atoms with van der Waals surface area (Å²) in [5.74, 6) is 8.34. The largest absolute Gasteiger partial charge is 0.393 e. The van der Waals surface area contributed by atoms with Gasteiger partial charge in [-0.3, -0.25) is 0 Å². The molecule has 3 nitrogen and oxygen atoms in total. The van der Waals surface area contributed by atoms with Crippen molar-refractivity contribution in [3.05, 3.63) is 35.5 Å². The zero-order valence-corrected chi connectivity index (χ0v) is 20.7. The van der Waals surface area contributed by atoms with E-state index in [1.807, 2.05) is 13.8 Å². The van der Waals surface area contributed by atoms with E-state index in [9.17, 15) is 15.3 Å². The monoisotopic (exact) mass is 440 g/mol. The van der Waals surface area contributed by atoms with E-state index in [2.05, 4.69) is 44.4 Å². The molecule has 3 fully saturated rings. The van der Waals surface area contributed by atoms with Gasteiger partial charge in [0.15, 0.2) is 0 Å². The highest BCUT2D eigenvalue weighted by Crippen LogP contribution is 2.59. The first-order valence-corrected chi connectivity index (χ1v) is 12.8. The number of fused-ring (bicyclic) bond motifs is 1. The van der Waals surface area contributed by atoms with E-state index in [1.165, 1.54) is 31.3 Å². The summed E-state index contributed by atoms with van der Waals surface area (Å²) in [6.07, 6.45) is 12.3. The molecular formula is C29H44O3. The predicted molar refractivity (Wildman–Crippen MR) is 132 cm³/mol. The zero-order valence-electron chi connectivity index (χ0n) is 20.7. The molecule has 3 saturated carbocycles. The van der Waals surface area contributed by atoms with E-state index < -0.39 is 17.8 Å². The smallest absolute Gasteiger partial charge is 0.0811 e. The first-order valence-electron chi connectivity index (χ1n) is 12.8. The molecule has 0 spiro atoms. The quantitative estimate of drug-likeness (QED) is 0.480. The van der Waals surface area contributed by atoms with E-state index >= 15 is 0 Å². The highest BCUT2D eigenvalue weighted by Gasteiger charge is 2.50. The van der Waals surface area contributed by atoms with Crippen LogP contribution in [0.25, 0.3) is 0 Å². The van der Waals surface area contributed by atoms with Gasteiger partial charge in [0.1, 0.15) is 0 Å². The second-order valence-corrected chi connectivity index (χ2v) is 10.9. The fraction of sp³-hybridized carbons (Fsp3) is 0.724. The second kappa shape index (κ2) is 10.3. The van der Waals surface area contributed by atoms with E-state index in [0.717, 1.165) is 30.4 Å². The minimum absolute atomic E-state index is 0.269. The fourth-order valence-electron chi connectivity index (χ4n) is 6.54. The lowest BCUT2D eigenvalue weighted by Gasteiger charge is -2.43. The Morgan fingerprint density at radius 1 is 1.22 bits per heavy atom. The highest BCUT2D eigenvalue weighted by atomic mass is 16.3. The van der Waals surface area contributed by atoms with Crippen LogP contribution in [0.4, 0.5) is 0 Å². The lowest BCUT2D eigenvalue weighted by Crippen LogP contribution is -2.35. The molecular weight excluding hydrogens is 396 g/mol. The Morgan fingerprint density at radius 3 is 2.62 bits per heavy atom. The standard InChI is InChI=1S/C29H44O3/c1-6-29(32,7-2)17-8-10-20(3)25-14-15-26-22(11-9-16-28(25,26)5)12-13-23-18-24(30)19-27(31)21(23)4/h12-13,20,24-27,30-32H,4,6-7,9,11,14-19H2,1-3,5H3/b22-12+,23-13-/t20-,24-,25-,26+,27+,28-/m1/s1. The van der Waals surface area contributed by atoms with Gasteiger partial charge in [0.05, 0.1) is 17.8 Å². The third-order valence-electron chi connectivity index (χ3n) is 8.97. The highest BCUT2D eigenvalue weighted by molar-refractivity contribution is 5.38. The van der Waals surface area contributed by atoms with Gasteiger partial charge >= 0.3 is 0 Å². The molecule has 0 unspecified atom stereocenters. The van der Waals surface area contributed by atoms with Crippen molar-refractivity contribution in [3.8, 4) is 11.8 Å². The van der Waals surface area contributed by atoms with Gasteiger partial charge in [-0.25, -0.2) is 0 Å². The topological polar surface area (TPSA) is 60.7 Å². The molecule has 3 N–H and O–H groups in total. The van der Waals surface area contributed by atoms with Crippen LogP contribution in [0, 0.1) is 35.0 Å². The second-order valence-electron chi connectivity index (χ2n) is 10.9. The molecule has 178 valence electrons. The molecule has 0 aromatic heterocycles. The fourth-order valence-corrected chi connectivity index (χ4v) is 6.54. The Labute approximate surface area is 195 Å². The Balaban J connectivity index is 1.74.